The molecule has 1 unspecified atom stereocenters. The van der Waals surface area contributed by atoms with Gasteiger partial charge in [0.15, 0.2) is 0 Å². The van der Waals surface area contributed by atoms with E-state index >= 15 is 0 Å². The summed E-state index contributed by atoms with van der Waals surface area (Å²) in [4.78, 5) is 10.9. The van der Waals surface area contributed by atoms with E-state index in [9.17, 15) is 9.50 Å². The van der Waals surface area contributed by atoms with Gasteiger partial charge in [-0.25, -0.2) is 9.37 Å². The summed E-state index contributed by atoms with van der Waals surface area (Å²) in [5.74, 6) is 0.818. The summed E-state index contributed by atoms with van der Waals surface area (Å²) >= 11 is 0. The third-order valence-electron chi connectivity index (χ3n) is 4.26. The Balaban J connectivity index is 1.62. The Bertz CT molecular complexity index is 624. The van der Waals surface area contributed by atoms with Crippen LogP contribution in [0.4, 0.5) is 10.2 Å². The molecule has 1 N–H and O–H groups in total. The van der Waals surface area contributed by atoms with Crippen LogP contribution < -0.4 is 4.90 Å². The zero-order valence-corrected chi connectivity index (χ0v) is 12.6. The summed E-state index contributed by atoms with van der Waals surface area (Å²) in [5.41, 5.74) is 1.70. The van der Waals surface area contributed by atoms with E-state index in [1.165, 1.54) is 12.1 Å². The molecule has 22 heavy (non-hydrogen) atoms. The third-order valence-corrected chi connectivity index (χ3v) is 4.26. The van der Waals surface area contributed by atoms with Crippen molar-refractivity contribution in [3.8, 4) is 0 Å². The van der Waals surface area contributed by atoms with Crippen molar-refractivity contribution in [3.05, 3.63) is 53.7 Å². The molecule has 0 aliphatic carbocycles. The van der Waals surface area contributed by atoms with Crippen molar-refractivity contribution in [2.24, 2.45) is 5.92 Å². The van der Waals surface area contributed by atoms with Gasteiger partial charge in [0.05, 0.1) is 18.0 Å². The van der Waals surface area contributed by atoms with Gasteiger partial charge in [-0.2, -0.15) is 0 Å². The zero-order chi connectivity index (χ0) is 15.5. The lowest BCUT2D eigenvalue weighted by atomic mass is 9.87. The highest BCUT2D eigenvalue weighted by Crippen LogP contribution is 2.31. The maximum absolute atomic E-state index is 13.0. The largest absolute Gasteiger partial charge is 0.388 e. The van der Waals surface area contributed by atoms with E-state index in [0.29, 0.717) is 0 Å². The molecule has 0 radical (unpaired) electrons. The number of rotatable bonds is 3. The molecular weight excluding hydrogens is 281 g/mol. The molecule has 1 aliphatic rings. The van der Waals surface area contributed by atoms with E-state index < -0.39 is 6.10 Å². The predicted molar refractivity (Wildman–Crippen MR) is 83.1 cm³/mol. The molecule has 1 aliphatic heterocycles. The number of hydrogen-bond donors (Lipinski definition) is 1. The summed E-state index contributed by atoms with van der Waals surface area (Å²) in [7, 11) is 0. The molecule has 2 aromatic rings. The van der Waals surface area contributed by atoms with Gasteiger partial charge < -0.3 is 10.0 Å². The molecule has 1 aromatic carbocycles. The van der Waals surface area contributed by atoms with E-state index in [2.05, 4.69) is 14.9 Å². The minimum absolute atomic E-state index is 0.194. The SMILES string of the molecule is Cc1cncc(N2CCC(C(O)c3ccc(F)cc3)CC2)n1. The summed E-state index contributed by atoms with van der Waals surface area (Å²) in [6.07, 6.45) is 4.76. The number of halogens is 1. The van der Waals surface area contributed by atoms with Crippen LogP contribution in [0.15, 0.2) is 36.7 Å². The van der Waals surface area contributed by atoms with Gasteiger partial charge in [0.2, 0.25) is 0 Å². The summed E-state index contributed by atoms with van der Waals surface area (Å²) in [5, 5.41) is 10.5. The number of hydrogen-bond acceptors (Lipinski definition) is 4. The normalized spacial score (nSPS) is 17.5. The molecule has 0 spiro atoms. The number of piperidine rings is 1. The number of aliphatic hydroxyl groups is 1. The fourth-order valence-electron chi connectivity index (χ4n) is 2.98. The molecule has 2 heterocycles. The monoisotopic (exact) mass is 301 g/mol. The van der Waals surface area contributed by atoms with Gasteiger partial charge in [-0.1, -0.05) is 12.1 Å². The van der Waals surface area contributed by atoms with E-state index in [0.717, 1.165) is 43.0 Å². The molecule has 4 nitrogen and oxygen atoms in total. The molecule has 116 valence electrons. The second kappa shape index (κ2) is 6.40. The van der Waals surface area contributed by atoms with E-state index in [-0.39, 0.29) is 11.7 Å². The van der Waals surface area contributed by atoms with Crippen LogP contribution in [-0.4, -0.2) is 28.2 Å². The van der Waals surface area contributed by atoms with Crippen molar-refractivity contribution in [2.45, 2.75) is 25.9 Å². The fourth-order valence-corrected chi connectivity index (χ4v) is 2.98. The molecule has 0 bridgehead atoms. The highest BCUT2D eigenvalue weighted by atomic mass is 19.1. The first-order valence-electron chi connectivity index (χ1n) is 7.60. The van der Waals surface area contributed by atoms with Crippen molar-refractivity contribution in [1.82, 2.24) is 9.97 Å². The van der Waals surface area contributed by atoms with Gasteiger partial charge in [0.1, 0.15) is 11.6 Å². The number of benzene rings is 1. The van der Waals surface area contributed by atoms with Crippen molar-refractivity contribution >= 4 is 5.82 Å². The number of anilines is 1. The van der Waals surface area contributed by atoms with E-state index in [1.807, 2.05) is 6.92 Å². The topological polar surface area (TPSA) is 49.2 Å². The zero-order valence-electron chi connectivity index (χ0n) is 12.6. The van der Waals surface area contributed by atoms with Crippen LogP contribution in [0.5, 0.6) is 0 Å². The van der Waals surface area contributed by atoms with Crippen molar-refractivity contribution in [1.29, 1.82) is 0 Å². The Hall–Kier alpha value is -2.01. The first-order valence-corrected chi connectivity index (χ1v) is 7.60. The predicted octanol–water partition coefficient (Wildman–Crippen LogP) is 2.87. The highest BCUT2D eigenvalue weighted by molar-refractivity contribution is 5.36. The van der Waals surface area contributed by atoms with Gasteiger partial charge in [-0.05, 0) is 43.4 Å². The molecule has 0 amide bonds. The van der Waals surface area contributed by atoms with Gasteiger partial charge in [-0.15, -0.1) is 0 Å². The lowest BCUT2D eigenvalue weighted by Crippen LogP contribution is -2.36. The molecule has 0 saturated carbocycles. The summed E-state index contributed by atoms with van der Waals surface area (Å²) < 4.78 is 13.0. The quantitative estimate of drug-likeness (QED) is 0.947. The summed E-state index contributed by atoms with van der Waals surface area (Å²) in [6, 6.07) is 6.13. The average Bonchev–Trinajstić information content (AvgIpc) is 2.55. The van der Waals surface area contributed by atoms with Crippen LogP contribution in [0.2, 0.25) is 0 Å². The van der Waals surface area contributed by atoms with Gasteiger partial charge in [-0.3, -0.25) is 4.98 Å². The Morgan fingerprint density at radius 2 is 1.86 bits per heavy atom. The maximum Gasteiger partial charge on any atom is 0.147 e. The van der Waals surface area contributed by atoms with Crippen LogP contribution in [0.1, 0.15) is 30.2 Å². The molecule has 1 atom stereocenters. The van der Waals surface area contributed by atoms with E-state index in [1.54, 1.807) is 24.5 Å². The molecule has 5 heteroatoms. The van der Waals surface area contributed by atoms with Gasteiger partial charge >= 0.3 is 0 Å². The minimum Gasteiger partial charge on any atom is -0.388 e. The van der Waals surface area contributed by atoms with Gasteiger partial charge in [0.25, 0.3) is 0 Å². The second-order valence-electron chi connectivity index (χ2n) is 5.84. The highest BCUT2D eigenvalue weighted by Gasteiger charge is 2.26. The molecule has 1 saturated heterocycles. The van der Waals surface area contributed by atoms with Crippen LogP contribution in [-0.2, 0) is 0 Å². The smallest absolute Gasteiger partial charge is 0.147 e. The Labute approximate surface area is 129 Å². The first-order chi connectivity index (χ1) is 10.6. The number of aryl methyl sites for hydroxylation is 1. The fraction of sp³-hybridized carbons (Fsp3) is 0.412. The lowest BCUT2D eigenvalue weighted by molar-refractivity contribution is 0.0928. The lowest BCUT2D eigenvalue weighted by Gasteiger charge is -2.35. The Morgan fingerprint density at radius 1 is 1.18 bits per heavy atom. The Kier molecular flexibility index (Phi) is 4.34. The summed E-state index contributed by atoms with van der Waals surface area (Å²) in [6.45, 7) is 3.63. The number of nitrogens with zero attached hydrogens (tertiary/aromatic N) is 3. The number of aliphatic hydroxyl groups excluding tert-OH is 1. The standard InChI is InChI=1S/C17H20FN3O/c1-12-10-19-11-16(20-12)21-8-6-14(7-9-21)17(22)13-2-4-15(18)5-3-13/h2-5,10-11,14,17,22H,6-9H2,1H3. The maximum atomic E-state index is 13.0. The van der Waals surface area contributed by atoms with E-state index in [4.69, 9.17) is 0 Å². The first kappa shape index (κ1) is 14.9. The Morgan fingerprint density at radius 3 is 2.50 bits per heavy atom. The third kappa shape index (κ3) is 3.25. The van der Waals surface area contributed by atoms with Crippen LogP contribution in [0, 0.1) is 18.7 Å². The van der Waals surface area contributed by atoms with Crippen LogP contribution >= 0.6 is 0 Å². The van der Waals surface area contributed by atoms with Crippen LogP contribution in [0.3, 0.4) is 0 Å². The molecule has 1 aromatic heterocycles. The van der Waals surface area contributed by atoms with Crippen molar-refractivity contribution in [2.75, 3.05) is 18.0 Å². The molecule has 3 rings (SSSR count). The van der Waals surface area contributed by atoms with Gasteiger partial charge in [0, 0.05) is 19.3 Å². The average molecular weight is 301 g/mol. The molecule has 1 fully saturated rings. The molecular formula is C17H20FN3O. The number of aromatic nitrogens is 2. The van der Waals surface area contributed by atoms with Crippen molar-refractivity contribution < 1.29 is 9.50 Å². The van der Waals surface area contributed by atoms with Crippen LogP contribution in [0.25, 0.3) is 0 Å². The second-order valence-corrected chi connectivity index (χ2v) is 5.84. The minimum atomic E-state index is -0.536. The van der Waals surface area contributed by atoms with Crippen molar-refractivity contribution in [3.63, 3.8) is 0 Å².